The van der Waals surface area contributed by atoms with Crippen molar-refractivity contribution in [1.29, 1.82) is 0 Å². The predicted octanol–water partition coefficient (Wildman–Crippen LogP) is 3.15. The van der Waals surface area contributed by atoms with Crippen molar-refractivity contribution in [1.82, 2.24) is 9.97 Å². The second-order valence-electron chi connectivity index (χ2n) is 3.79. The summed E-state index contributed by atoms with van der Waals surface area (Å²) in [5.41, 5.74) is 0.473. The highest BCUT2D eigenvalue weighted by Gasteiger charge is 2.15. The molecule has 0 aliphatic rings. The van der Waals surface area contributed by atoms with E-state index in [0.717, 1.165) is 0 Å². The molecule has 0 fully saturated rings. The average molecular weight is 296 g/mol. The van der Waals surface area contributed by atoms with E-state index in [-0.39, 0.29) is 22.5 Å². The molecule has 7 nitrogen and oxygen atoms in total. The van der Waals surface area contributed by atoms with E-state index in [9.17, 15) is 10.1 Å². The van der Waals surface area contributed by atoms with Gasteiger partial charge in [-0.05, 0) is 13.0 Å². The fourth-order valence-electron chi connectivity index (χ4n) is 1.48. The molecule has 0 unspecified atom stereocenters. The van der Waals surface area contributed by atoms with Gasteiger partial charge in [0.15, 0.2) is 11.5 Å². The van der Waals surface area contributed by atoms with Gasteiger partial charge in [0, 0.05) is 11.6 Å². The highest BCUT2D eigenvalue weighted by molar-refractivity contribution is 6.30. The summed E-state index contributed by atoms with van der Waals surface area (Å²) in [6, 6.07) is 4.02. The Morgan fingerprint density at radius 3 is 2.70 bits per heavy atom. The second kappa shape index (κ2) is 5.70. The Labute approximate surface area is 119 Å². The Balaban J connectivity index is 2.38. The average Bonchev–Trinajstić information content (AvgIpc) is 2.44. The molecule has 0 atom stereocenters. The SMILES string of the molecule is COc1cc([N+](=O)[O-])ccc1Oc1ncnc(Cl)c1C. The first-order valence-electron chi connectivity index (χ1n) is 5.50. The van der Waals surface area contributed by atoms with Crippen LogP contribution in [0.5, 0.6) is 17.4 Å². The van der Waals surface area contributed by atoms with Crippen molar-refractivity contribution < 1.29 is 14.4 Å². The van der Waals surface area contributed by atoms with Crippen LogP contribution in [-0.4, -0.2) is 22.0 Å². The second-order valence-corrected chi connectivity index (χ2v) is 4.15. The summed E-state index contributed by atoms with van der Waals surface area (Å²) in [5.74, 6) is 0.793. The molecular weight excluding hydrogens is 286 g/mol. The Kier molecular flexibility index (Phi) is 3.99. The molecule has 0 N–H and O–H groups in total. The lowest BCUT2D eigenvalue weighted by Crippen LogP contribution is -1.97. The third-order valence-electron chi connectivity index (χ3n) is 2.54. The lowest BCUT2D eigenvalue weighted by Gasteiger charge is -2.11. The molecule has 0 aliphatic carbocycles. The van der Waals surface area contributed by atoms with Crippen LogP contribution in [0.2, 0.25) is 5.15 Å². The van der Waals surface area contributed by atoms with Crippen LogP contribution in [0.25, 0.3) is 0 Å². The minimum Gasteiger partial charge on any atom is -0.493 e. The number of hydrogen-bond donors (Lipinski definition) is 0. The van der Waals surface area contributed by atoms with Gasteiger partial charge in [0.2, 0.25) is 5.88 Å². The van der Waals surface area contributed by atoms with Gasteiger partial charge < -0.3 is 9.47 Å². The lowest BCUT2D eigenvalue weighted by atomic mass is 10.3. The van der Waals surface area contributed by atoms with Gasteiger partial charge in [0.05, 0.1) is 18.1 Å². The largest absolute Gasteiger partial charge is 0.493 e. The third kappa shape index (κ3) is 2.77. The standard InChI is InChI=1S/C12H10ClN3O4/c1-7-11(13)14-6-15-12(7)20-9-4-3-8(16(17)18)5-10(9)19-2/h3-6H,1-2H3. The van der Waals surface area contributed by atoms with Crippen molar-refractivity contribution in [2.45, 2.75) is 6.92 Å². The van der Waals surface area contributed by atoms with Gasteiger partial charge in [-0.15, -0.1) is 0 Å². The third-order valence-corrected chi connectivity index (χ3v) is 2.92. The smallest absolute Gasteiger partial charge is 0.273 e. The molecule has 0 saturated carbocycles. The number of benzene rings is 1. The van der Waals surface area contributed by atoms with Gasteiger partial charge in [0.1, 0.15) is 11.5 Å². The summed E-state index contributed by atoms with van der Waals surface area (Å²) in [6.07, 6.45) is 1.27. The highest BCUT2D eigenvalue weighted by atomic mass is 35.5. The van der Waals surface area contributed by atoms with Crippen LogP contribution in [0.4, 0.5) is 5.69 Å². The van der Waals surface area contributed by atoms with Crippen LogP contribution in [-0.2, 0) is 0 Å². The normalized spacial score (nSPS) is 10.2. The number of aromatic nitrogens is 2. The molecular formula is C12H10ClN3O4. The van der Waals surface area contributed by atoms with Gasteiger partial charge in [-0.3, -0.25) is 10.1 Å². The Morgan fingerprint density at radius 2 is 2.05 bits per heavy atom. The highest BCUT2D eigenvalue weighted by Crippen LogP contribution is 2.35. The number of nitrogens with zero attached hydrogens (tertiary/aromatic N) is 3. The molecule has 1 aromatic heterocycles. The summed E-state index contributed by atoms with van der Waals surface area (Å²) in [7, 11) is 1.39. The zero-order valence-electron chi connectivity index (χ0n) is 10.7. The molecule has 104 valence electrons. The first-order chi connectivity index (χ1) is 9.52. The van der Waals surface area contributed by atoms with E-state index in [1.54, 1.807) is 6.92 Å². The van der Waals surface area contributed by atoms with Crippen molar-refractivity contribution in [3.05, 3.63) is 45.4 Å². The van der Waals surface area contributed by atoms with Crippen LogP contribution in [0.1, 0.15) is 5.56 Å². The maximum atomic E-state index is 10.7. The topological polar surface area (TPSA) is 87.4 Å². The molecule has 0 amide bonds. The Hall–Kier alpha value is -2.41. The number of halogens is 1. The predicted molar refractivity (Wildman–Crippen MR) is 71.5 cm³/mol. The molecule has 0 aliphatic heterocycles. The minimum absolute atomic E-state index is 0.0911. The number of ether oxygens (including phenoxy) is 2. The van der Waals surface area contributed by atoms with Gasteiger partial charge in [-0.25, -0.2) is 9.97 Å². The van der Waals surface area contributed by atoms with Crippen molar-refractivity contribution in [3.63, 3.8) is 0 Å². The summed E-state index contributed by atoms with van der Waals surface area (Å²) in [6.45, 7) is 1.70. The van der Waals surface area contributed by atoms with Crippen molar-refractivity contribution in [2.75, 3.05) is 7.11 Å². The molecule has 1 heterocycles. The van der Waals surface area contributed by atoms with Crippen LogP contribution in [0, 0.1) is 17.0 Å². The first kappa shape index (κ1) is 14.0. The van der Waals surface area contributed by atoms with Crippen LogP contribution < -0.4 is 9.47 Å². The molecule has 0 radical (unpaired) electrons. The van der Waals surface area contributed by atoms with E-state index in [1.165, 1.54) is 31.6 Å². The number of nitro groups is 1. The summed E-state index contributed by atoms with van der Waals surface area (Å²) in [4.78, 5) is 18.0. The number of non-ortho nitro benzene ring substituents is 1. The van der Waals surface area contributed by atoms with E-state index in [4.69, 9.17) is 21.1 Å². The number of nitro benzene ring substituents is 1. The van der Waals surface area contributed by atoms with E-state index < -0.39 is 4.92 Å². The summed E-state index contributed by atoms with van der Waals surface area (Å²) >= 11 is 5.87. The van der Waals surface area contributed by atoms with Crippen molar-refractivity contribution in [2.24, 2.45) is 0 Å². The number of methoxy groups -OCH3 is 1. The van der Waals surface area contributed by atoms with Gasteiger partial charge in [-0.2, -0.15) is 0 Å². The molecule has 0 spiro atoms. The fraction of sp³-hybridized carbons (Fsp3) is 0.167. The van der Waals surface area contributed by atoms with Crippen LogP contribution in [0.3, 0.4) is 0 Å². The fourth-order valence-corrected chi connectivity index (χ4v) is 1.60. The molecule has 0 saturated heterocycles. The van der Waals surface area contributed by atoms with E-state index in [0.29, 0.717) is 11.3 Å². The van der Waals surface area contributed by atoms with Crippen LogP contribution >= 0.6 is 11.6 Å². The maximum Gasteiger partial charge on any atom is 0.273 e. The van der Waals surface area contributed by atoms with Crippen LogP contribution in [0.15, 0.2) is 24.5 Å². The lowest BCUT2D eigenvalue weighted by molar-refractivity contribution is -0.384. The monoisotopic (exact) mass is 295 g/mol. The molecule has 2 rings (SSSR count). The van der Waals surface area contributed by atoms with E-state index >= 15 is 0 Å². The Bertz CT molecular complexity index is 663. The van der Waals surface area contributed by atoms with Gasteiger partial charge >= 0.3 is 0 Å². The number of rotatable bonds is 4. The van der Waals surface area contributed by atoms with Crippen molar-refractivity contribution in [3.8, 4) is 17.4 Å². The molecule has 2 aromatic rings. The quantitative estimate of drug-likeness (QED) is 0.489. The van der Waals surface area contributed by atoms with E-state index in [2.05, 4.69) is 9.97 Å². The molecule has 20 heavy (non-hydrogen) atoms. The maximum absolute atomic E-state index is 10.7. The summed E-state index contributed by atoms with van der Waals surface area (Å²) in [5, 5.41) is 11.0. The number of hydrogen-bond acceptors (Lipinski definition) is 6. The Morgan fingerprint density at radius 1 is 1.30 bits per heavy atom. The van der Waals surface area contributed by atoms with Gasteiger partial charge in [0.25, 0.3) is 5.69 Å². The van der Waals surface area contributed by atoms with Crippen molar-refractivity contribution >= 4 is 17.3 Å². The first-order valence-corrected chi connectivity index (χ1v) is 5.88. The summed E-state index contributed by atoms with van der Waals surface area (Å²) < 4.78 is 10.6. The van der Waals surface area contributed by atoms with Gasteiger partial charge in [-0.1, -0.05) is 11.6 Å². The minimum atomic E-state index is -0.515. The molecule has 0 bridgehead atoms. The zero-order chi connectivity index (χ0) is 14.7. The molecule has 8 heteroatoms. The molecule has 1 aromatic carbocycles. The zero-order valence-corrected chi connectivity index (χ0v) is 11.4. The van der Waals surface area contributed by atoms with E-state index in [1.807, 2.05) is 0 Å².